The number of rotatable bonds is 5. The smallest absolute Gasteiger partial charge is 0.358 e. The molecule has 0 bridgehead atoms. The molecule has 0 spiro atoms. The molecule has 0 unspecified atom stereocenters. The summed E-state index contributed by atoms with van der Waals surface area (Å²) in [6, 6.07) is -0.168. The normalized spacial score (nSPS) is 17.6. The van der Waals surface area contributed by atoms with Crippen LogP contribution in [-0.2, 0) is 10.2 Å². The van der Waals surface area contributed by atoms with Crippen molar-refractivity contribution >= 4 is 16.2 Å². The standard InChI is InChI=1S/C8H13N5O4S/c1-2-9-18(16,17)12-3-6(4-12)13-5-7(8(14)15)10-11-13/h5-6,9H,2-4H2,1H3,(H,14,15). The molecule has 0 saturated carbocycles. The lowest BCUT2D eigenvalue weighted by atomic mass is 10.2. The molecule has 0 atom stereocenters. The maximum atomic E-state index is 11.6. The zero-order chi connectivity index (χ0) is 13.3. The van der Waals surface area contributed by atoms with Gasteiger partial charge in [-0.2, -0.15) is 12.7 Å². The van der Waals surface area contributed by atoms with E-state index in [2.05, 4.69) is 15.0 Å². The first-order valence-electron chi connectivity index (χ1n) is 5.34. The summed E-state index contributed by atoms with van der Waals surface area (Å²) in [6.07, 6.45) is 1.30. The minimum Gasteiger partial charge on any atom is -0.476 e. The Morgan fingerprint density at radius 1 is 1.61 bits per heavy atom. The van der Waals surface area contributed by atoms with Crippen molar-refractivity contribution in [1.29, 1.82) is 0 Å². The number of carboxylic acid groups (broad SMARTS) is 1. The largest absolute Gasteiger partial charge is 0.476 e. The van der Waals surface area contributed by atoms with Crippen LogP contribution in [0, 0.1) is 0 Å². The van der Waals surface area contributed by atoms with Crippen LogP contribution in [0.3, 0.4) is 0 Å². The Bertz CT molecular complexity index is 548. The average molecular weight is 275 g/mol. The zero-order valence-corrected chi connectivity index (χ0v) is 10.5. The third kappa shape index (κ3) is 2.35. The van der Waals surface area contributed by atoms with E-state index in [-0.39, 0.29) is 24.8 Å². The first-order chi connectivity index (χ1) is 8.44. The fourth-order valence-electron chi connectivity index (χ4n) is 1.61. The highest BCUT2D eigenvalue weighted by Crippen LogP contribution is 2.22. The number of nitrogens with zero attached hydrogens (tertiary/aromatic N) is 4. The van der Waals surface area contributed by atoms with Crippen molar-refractivity contribution in [2.24, 2.45) is 0 Å². The van der Waals surface area contributed by atoms with Crippen LogP contribution >= 0.6 is 0 Å². The molecule has 1 aromatic rings. The third-order valence-electron chi connectivity index (χ3n) is 2.60. The molecule has 2 heterocycles. The molecule has 1 aliphatic rings. The minimum absolute atomic E-state index is 0.150. The summed E-state index contributed by atoms with van der Waals surface area (Å²) in [5.74, 6) is -1.15. The van der Waals surface area contributed by atoms with Crippen LogP contribution in [0.1, 0.15) is 23.5 Å². The van der Waals surface area contributed by atoms with Crippen molar-refractivity contribution in [3.8, 4) is 0 Å². The van der Waals surface area contributed by atoms with E-state index in [4.69, 9.17) is 5.11 Å². The Kier molecular flexibility index (Phi) is 3.32. The minimum atomic E-state index is -3.42. The van der Waals surface area contributed by atoms with E-state index >= 15 is 0 Å². The van der Waals surface area contributed by atoms with Crippen molar-refractivity contribution in [2.75, 3.05) is 19.6 Å². The Balaban J connectivity index is 1.98. The Hall–Kier alpha value is -1.52. The fraction of sp³-hybridized carbons (Fsp3) is 0.625. The molecule has 2 N–H and O–H groups in total. The molecule has 100 valence electrons. The van der Waals surface area contributed by atoms with Crippen LogP contribution in [0.25, 0.3) is 0 Å². The van der Waals surface area contributed by atoms with Crippen LogP contribution in [-0.4, -0.2) is 58.4 Å². The summed E-state index contributed by atoms with van der Waals surface area (Å²) in [5.41, 5.74) is -0.150. The number of hydrogen-bond donors (Lipinski definition) is 2. The molecular formula is C8H13N5O4S. The lowest BCUT2D eigenvalue weighted by Gasteiger charge is -2.37. The summed E-state index contributed by atoms with van der Waals surface area (Å²) < 4.78 is 28.2. The number of carbonyl (C=O) groups is 1. The molecule has 2 rings (SSSR count). The van der Waals surface area contributed by atoms with Gasteiger partial charge in [-0.15, -0.1) is 5.10 Å². The summed E-state index contributed by atoms with van der Waals surface area (Å²) in [7, 11) is -3.42. The highest BCUT2D eigenvalue weighted by atomic mass is 32.2. The van der Waals surface area contributed by atoms with Gasteiger partial charge in [0.05, 0.1) is 12.2 Å². The van der Waals surface area contributed by atoms with Crippen LogP contribution in [0.2, 0.25) is 0 Å². The molecule has 10 heteroatoms. The molecule has 18 heavy (non-hydrogen) atoms. The molecule has 0 amide bonds. The fourth-order valence-corrected chi connectivity index (χ4v) is 2.89. The topological polar surface area (TPSA) is 117 Å². The summed E-state index contributed by atoms with van der Waals surface area (Å²) >= 11 is 0. The van der Waals surface area contributed by atoms with E-state index in [9.17, 15) is 13.2 Å². The second kappa shape index (κ2) is 4.63. The first-order valence-corrected chi connectivity index (χ1v) is 6.78. The van der Waals surface area contributed by atoms with Gasteiger partial charge in [0, 0.05) is 19.6 Å². The number of carboxylic acids is 1. The van der Waals surface area contributed by atoms with Gasteiger partial charge in [-0.3, -0.25) is 0 Å². The van der Waals surface area contributed by atoms with E-state index in [1.165, 1.54) is 15.2 Å². The van der Waals surface area contributed by atoms with Gasteiger partial charge in [-0.05, 0) is 0 Å². The lowest BCUT2D eigenvalue weighted by molar-refractivity contribution is 0.0690. The summed E-state index contributed by atoms with van der Waals surface area (Å²) in [6.45, 7) is 2.55. The summed E-state index contributed by atoms with van der Waals surface area (Å²) in [4.78, 5) is 10.6. The van der Waals surface area contributed by atoms with Gasteiger partial charge in [0.25, 0.3) is 10.2 Å². The van der Waals surface area contributed by atoms with Gasteiger partial charge < -0.3 is 5.11 Å². The highest BCUT2D eigenvalue weighted by molar-refractivity contribution is 7.87. The van der Waals surface area contributed by atoms with Crippen LogP contribution in [0.5, 0.6) is 0 Å². The maximum absolute atomic E-state index is 11.6. The van der Waals surface area contributed by atoms with E-state index in [0.29, 0.717) is 6.54 Å². The van der Waals surface area contributed by atoms with Crippen molar-refractivity contribution in [3.63, 3.8) is 0 Å². The third-order valence-corrected chi connectivity index (χ3v) is 4.23. The molecule has 9 nitrogen and oxygen atoms in total. The molecule has 1 saturated heterocycles. The lowest BCUT2D eigenvalue weighted by Crippen LogP contribution is -2.54. The van der Waals surface area contributed by atoms with Gasteiger partial charge in [0.15, 0.2) is 5.69 Å². The molecule has 0 radical (unpaired) electrons. The summed E-state index contributed by atoms with van der Waals surface area (Å²) in [5, 5.41) is 15.8. The van der Waals surface area contributed by atoms with Gasteiger partial charge in [-0.25, -0.2) is 14.2 Å². The Labute approximate surface area is 104 Å². The molecular weight excluding hydrogens is 262 g/mol. The number of hydrogen-bond acceptors (Lipinski definition) is 5. The van der Waals surface area contributed by atoms with E-state index in [1.54, 1.807) is 6.92 Å². The quantitative estimate of drug-likeness (QED) is 0.688. The zero-order valence-electron chi connectivity index (χ0n) is 9.65. The van der Waals surface area contributed by atoms with Gasteiger partial charge >= 0.3 is 5.97 Å². The van der Waals surface area contributed by atoms with Gasteiger partial charge in [-0.1, -0.05) is 12.1 Å². The SMILES string of the molecule is CCNS(=O)(=O)N1CC(n2cc(C(=O)O)nn2)C1. The molecule has 1 fully saturated rings. The number of aromatic carboxylic acids is 1. The van der Waals surface area contributed by atoms with Gasteiger partial charge in [0.2, 0.25) is 0 Å². The Morgan fingerprint density at radius 3 is 2.78 bits per heavy atom. The van der Waals surface area contributed by atoms with E-state index < -0.39 is 16.2 Å². The van der Waals surface area contributed by atoms with Crippen molar-refractivity contribution in [2.45, 2.75) is 13.0 Å². The second-order valence-electron chi connectivity index (χ2n) is 3.86. The number of aromatic nitrogens is 3. The van der Waals surface area contributed by atoms with Crippen molar-refractivity contribution in [3.05, 3.63) is 11.9 Å². The Morgan fingerprint density at radius 2 is 2.28 bits per heavy atom. The molecule has 1 aliphatic heterocycles. The molecule has 0 aliphatic carbocycles. The monoisotopic (exact) mass is 275 g/mol. The first kappa shape index (κ1) is 12.9. The van der Waals surface area contributed by atoms with Crippen molar-refractivity contribution < 1.29 is 18.3 Å². The van der Waals surface area contributed by atoms with Gasteiger partial charge in [0.1, 0.15) is 0 Å². The van der Waals surface area contributed by atoms with Crippen molar-refractivity contribution in [1.82, 2.24) is 24.0 Å². The molecule has 1 aromatic heterocycles. The molecule has 0 aromatic carbocycles. The van der Waals surface area contributed by atoms with E-state index in [0.717, 1.165) is 0 Å². The van der Waals surface area contributed by atoms with Crippen LogP contribution in [0.15, 0.2) is 6.20 Å². The van der Waals surface area contributed by atoms with E-state index in [1.807, 2.05) is 0 Å². The van der Waals surface area contributed by atoms with Crippen LogP contribution < -0.4 is 4.72 Å². The maximum Gasteiger partial charge on any atom is 0.358 e. The predicted molar refractivity (Wildman–Crippen MR) is 60.2 cm³/mol. The second-order valence-corrected chi connectivity index (χ2v) is 5.62. The average Bonchev–Trinajstić information content (AvgIpc) is 2.63. The number of nitrogens with one attached hydrogen (secondary N) is 1. The highest BCUT2D eigenvalue weighted by Gasteiger charge is 2.37. The predicted octanol–water partition coefficient (Wildman–Crippen LogP) is -1.31. The van der Waals surface area contributed by atoms with Crippen LogP contribution in [0.4, 0.5) is 0 Å².